The van der Waals surface area contributed by atoms with E-state index in [1.807, 2.05) is 0 Å². The number of hydrogen-bond acceptors (Lipinski definition) is 4. The maximum atomic E-state index is 8.89. The maximum absolute atomic E-state index is 8.89. The van der Waals surface area contributed by atoms with E-state index in [4.69, 9.17) is 14.6 Å². The van der Waals surface area contributed by atoms with Gasteiger partial charge >= 0.3 is 0 Å². The van der Waals surface area contributed by atoms with Gasteiger partial charge in [0, 0.05) is 25.5 Å². The number of carbonyl (C=O) groups is 1. The highest BCUT2D eigenvalue weighted by atomic mass is 16.5. The molecule has 0 bridgehead atoms. The fraction of sp³-hybridized carbons (Fsp3) is 0.450. The van der Waals surface area contributed by atoms with Crippen molar-refractivity contribution in [3.63, 3.8) is 0 Å². The number of hydrogen-bond donors (Lipinski definition) is 1. The molecule has 2 aliphatic heterocycles. The third-order valence-corrected chi connectivity index (χ3v) is 5.51. The first kappa shape index (κ1) is 17.5. The lowest BCUT2D eigenvalue weighted by atomic mass is 9.75. The predicted octanol–water partition coefficient (Wildman–Crippen LogP) is -0.334. The van der Waals surface area contributed by atoms with E-state index in [0.717, 1.165) is 19.2 Å². The number of carbonyl (C=O) groups excluding carboxylic acids is 1. The minimum Gasteiger partial charge on any atom is -0.550 e. The SMILES string of the molecule is CC(=O)[O-].COC1=CC2C3C4=C(C=CC3[NH+](C)C2C=C1)C=CN(C)C4. The predicted molar refractivity (Wildman–Crippen MR) is 94.3 cm³/mol. The van der Waals surface area contributed by atoms with Crippen molar-refractivity contribution >= 4 is 5.97 Å². The van der Waals surface area contributed by atoms with E-state index < -0.39 is 5.97 Å². The number of fused-ring (bicyclic) bond motifs is 4. The maximum Gasteiger partial charge on any atom is 0.115 e. The van der Waals surface area contributed by atoms with Crippen LogP contribution in [0.25, 0.3) is 0 Å². The van der Waals surface area contributed by atoms with Crippen LogP contribution in [-0.4, -0.2) is 50.7 Å². The molecule has 1 N–H and O–H groups in total. The standard InChI is InChI=1S/C18H22N2O.C2H4O2/c1-19-9-8-12-4-6-17-18(15(12)11-19)14-10-13(21-3)5-7-16(14)20(17)2;1-2(3)4/h4-10,14,16-18H,11H2,1-3H3;1H3,(H,3,4). The number of aliphatic carboxylic acids is 1. The van der Waals surface area contributed by atoms with E-state index >= 15 is 0 Å². The molecule has 0 aromatic rings. The van der Waals surface area contributed by atoms with Crippen molar-refractivity contribution in [2.75, 3.05) is 27.7 Å². The number of likely N-dealkylation sites (tertiary alicyclic amines) is 1. The summed E-state index contributed by atoms with van der Waals surface area (Å²) in [5.41, 5.74) is 3.02. The van der Waals surface area contributed by atoms with Crippen LogP contribution in [0, 0.1) is 11.8 Å². The monoisotopic (exact) mass is 342 g/mol. The summed E-state index contributed by atoms with van der Waals surface area (Å²) in [6.07, 6.45) is 16.0. The van der Waals surface area contributed by atoms with Crippen molar-refractivity contribution in [3.05, 3.63) is 59.6 Å². The molecule has 0 saturated carbocycles. The first-order valence-corrected chi connectivity index (χ1v) is 8.67. The van der Waals surface area contributed by atoms with Gasteiger partial charge in [-0.3, -0.25) is 0 Å². The Morgan fingerprint density at radius 3 is 2.64 bits per heavy atom. The van der Waals surface area contributed by atoms with Crippen LogP contribution in [0.15, 0.2) is 59.6 Å². The molecule has 5 nitrogen and oxygen atoms in total. The Morgan fingerprint density at radius 1 is 1.28 bits per heavy atom. The molecule has 1 saturated heterocycles. The molecule has 4 rings (SSSR count). The Kier molecular flexibility index (Phi) is 4.86. The average molecular weight is 342 g/mol. The van der Waals surface area contributed by atoms with Crippen LogP contribution in [-0.2, 0) is 9.53 Å². The molecule has 134 valence electrons. The Balaban J connectivity index is 0.000000415. The average Bonchev–Trinajstić information content (AvgIpc) is 2.87. The second-order valence-corrected chi connectivity index (χ2v) is 7.09. The van der Waals surface area contributed by atoms with Crippen LogP contribution in [0.1, 0.15) is 6.92 Å². The van der Waals surface area contributed by atoms with Gasteiger partial charge in [0.05, 0.1) is 20.1 Å². The smallest absolute Gasteiger partial charge is 0.115 e. The highest BCUT2D eigenvalue weighted by Crippen LogP contribution is 2.40. The first-order valence-electron chi connectivity index (χ1n) is 8.67. The van der Waals surface area contributed by atoms with Gasteiger partial charge in [-0.05, 0) is 54.7 Å². The van der Waals surface area contributed by atoms with Gasteiger partial charge in [-0.25, -0.2) is 0 Å². The zero-order valence-corrected chi connectivity index (χ0v) is 15.2. The molecule has 5 unspecified atom stereocenters. The molecule has 0 spiro atoms. The summed E-state index contributed by atoms with van der Waals surface area (Å²) in [6.45, 7) is 2.02. The molecule has 5 atom stereocenters. The van der Waals surface area contributed by atoms with Crippen molar-refractivity contribution in [3.8, 4) is 0 Å². The molecule has 0 aromatic heterocycles. The largest absolute Gasteiger partial charge is 0.550 e. The lowest BCUT2D eigenvalue weighted by Gasteiger charge is -2.32. The van der Waals surface area contributed by atoms with Crippen LogP contribution in [0.4, 0.5) is 0 Å². The second kappa shape index (κ2) is 6.92. The van der Waals surface area contributed by atoms with Crippen LogP contribution in [0.5, 0.6) is 0 Å². The normalized spacial score (nSPS) is 34.5. The first-order chi connectivity index (χ1) is 11.9. The highest BCUT2D eigenvalue weighted by molar-refractivity contribution is 5.60. The van der Waals surface area contributed by atoms with Crippen LogP contribution < -0.4 is 10.0 Å². The van der Waals surface area contributed by atoms with E-state index in [1.54, 1.807) is 17.6 Å². The molecular weight excluding hydrogens is 316 g/mol. The molecule has 1 fully saturated rings. The minimum atomic E-state index is -1.08. The third-order valence-electron chi connectivity index (χ3n) is 5.51. The molecule has 0 aromatic carbocycles. The second-order valence-electron chi connectivity index (χ2n) is 7.09. The van der Waals surface area contributed by atoms with E-state index in [2.05, 4.69) is 61.7 Å². The summed E-state index contributed by atoms with van der Waals surface area (Å²) in [6, 6.07) is 1.14. The van der Waals surface area contributed by atoms with Crippen molar-refractivity contribution in [1.29, 1.82) is 0 Å². The number of methoxy groups -OCH3 is 1. The summed E-state index contributed by atoms with van der Waals surface area (Å²) < 4.78 is 5.48. The zero-order chi connectivity index (χ0) is 18.1. The van der Waals surface area contributed by atoms with E-state index in [9.17, 15) is 0 Å². The number of carboxylic acids is 1. The van der Waals surface area contributed by atoms with Crippen LogP contribution in [0.3, 0.4) is 0 Å². The lowest BCUT2D eigenvalue weighted by molar-refractivity contribution is -0.906. The van der Waals surface area contributed by atoms with Crippen LogP contribution in [0.2, 0.25) is 0 Å². The topological polar surface area (TPSA) is 57.0 Å². The van der Waals surface area contributed by atoms with Gasteiger partial charge in [0.2, 0.25) is 0 Å². The number of nitrogens with one attached hydrogen (secondary N) is 1. The number of rotatable bonds is 1. The fourth-order valence-corrected chi connectivity index (χ4v) is 4.45. The molecule has 25 heavy (non-hydrogen) atoms. The summed E-state index contributed by atoms with van der Waals surface area (Å²) in [7, 11) is 6.26. The highest BCUT2D eigenvalue weighted by Gasteiger charge is 2.52. The Labute approximate surface area is 149 Å². The minimum absolute atomic E-state index is 0.546. The van der Waals surface area contributed by atoms with Crippen molar-refractivity contribution < 1.29 is 19.5 Å². The van der Waals surface area contributed by atoms with Gasteiger partial charge in [0.25, 0.3) is 0 Å². The van der Waals surface area contributed by atoms with Gasteiger partial charge in [-0.1, -0.05) is 6.08 Å². The summed E-state index contributed by atoms with van der Waals surface area (Å²) in [5, 5.41) is 8.89. The molecule has 0 radical (unpaired) electrons. The van der Waals surface area contributed by atoms with Crippen molar-refractivity contribution in [2.24, 2.45) is 11.8 Å². The zero-order valence-electron chi connectivity index (χ0n) is 15.2. The van der Waals surface area contributed by atoms with Gasteiger partial charge in [0.15, 0.2) is 0 Å². The number of likely N-dealkylation sites (N-methyl/N-ethyl adjacent to an activating group) is 2. The number of quaternary nitrogens is 1. The lowest BCUT2D eigenvalue weighted by Crippen LogP contribution is -3.14. The molecule has 2 aliphatic carbocycles. The molecule has 0 amide bonds. The van der Waals surface area contributed by atoms with Crippen molar-refractivity contribution in [2.45, 2.75) is 19.0 Å². The molecular formula is C20H26N2O3. The van der Waals surface area contributed by atoms with E-state index in [-0.39, 0.29) is 0 Å². The molecule has 2 heterocycles. The Morgan fingerprint density at radius 2 is 1.96 bits per heavy atom. The van der Waals surface area contributed by atoms with Crippen molar-refractivity contribution in [1.82, 2.24) is 4.90 Å². The van der Waals surface area contributed by atoms with Gasteiger partial charge < -0.3 is 24.4 Å². The Bertz CT molecular complexity index is 698. The number of ether oxygens (including phenoxy) is 1. The summed E-state index contributed by atoms with van der Waals surface area (Å²) in [5.74, 6) is 1.07. The van der Waals surface area contributed by atoms with Gasteiger partial charge in [-0.2, -0.15) is 0 Å². The Hall–Kier alpha value is -2.27. The molecule has 4 aliphatic rings. The number of carboxylic acid groups (broad SMARTS) is 1. The molecule has 5 heteroatoms. The van der Waals surface area contributed by atoms with E-state index in [1.165, 1.54) is 5.57 Å². The van der Waals surface area contributed by atoms with Crippen LogP contribution >= 0.6 is 0 Å². The van der Waals surface area contributed by atoms with Gasteiger partial charge in [-0.15, -0.1) is 0 Å². The van der Waals surface area contributed by atoms with Gasteiger partial charge in [0.1, 0.15) is 17.8 Å². The third kappa shape index (κ3) is 3.29. The number of nitrogens with zero attached hydrogens (tertiary/aromatic N) is 1. The summed E-state index contributed by atoms with van der Waals surface area (Å²) >= 11 is 0. The quantitative estimate of drug-likeness (QED) is 0.709. The summed E-state index contributed by atoms with van der Waals surface area (Å²) in [4.78, 5) is 12.8. The van der Waals surface area contributed by atoms with E-state index in [0.29, 0.717) is 23.9 Å². The number of allylic oxidation sites excluding steroid dienone is 4. The fourth-order valence-electron chi connectivity index (χ4n) is 4.45.